The van der Waals surface area contributed by atoms with Crippen molar-refractivity contribution in [1.29, 1.82) is 0 Å². The van der Waals surface area contributed by atoms with E-state index in [9.17, 15) is 14.4 Å². The van der Waals surface area contributed by atoms with Crippen LogP contribution in [-0.2, 0) is 18.4 Å². The van der Waals surface area contributed by atoms with Gasteiger partial charge in [-0.15, -0.1) is 0 Å². The molecule has 2 heterocycles. The van der Waals surface area contributed by atoms with Crippen molar-refractivity contribution in [1.82, 2.24) is 19.1 Å². The number of carbonyl (C=O) groups excluding carboxylic acids is 1. The molecule has 0 aliphatic heterocycles. The number of benzene rings is 1. The van der Waals surface area contributed by atoms with Crippen molar-refractivity contribution >= 4 is 57.6 Å². The smallest absolute Gasteiger partial charge is 0.324 e. The number of fused-ring (bicyclic) bond motifs is 1. The summed E-state index contributed by atoms with van der Waals surface area (Å²) < 4.78 is 2.53. The third-order valence-corrected chi connectivity index (χ3v) is 6.58. The highest BCUT2D eigenvalue weighted by molar-refractivity contribution is 8.00. The van der Waals surface area contributed by atoms with Crippen molar-refractivity contribution in [3.8, 4) is 0 Å². The van der Waals surface area contributed by atoms with Gasteiger partial charge in [-0.2, -0.15) is 0 Å². The molecular weight excluding hydrogens is 473 g/mol. The van der Waals surface area contributed by atoms with Gasteiger partial charge in [0.15, 0.2) is 5.65 Å². The molecule has 0 radical (unpaired) electrons. The molecule has 3 rings (SSSR count). The maximum Gasteiger partial charge on any atom is 0.332 e. The summed E-state index contributed by atoms with van der Waals surface area (Å²) in [4.78, 5) is 47.3. The maximum atomic E-state index is 13.0. The van der Waals surface area contributed by atoms with Gasteiger partial charge in [-0.05, 0) is 31.9 Å². The fraction of sp³-hybridized carbons (Fsp3) is 0.381. The lowest BCUT2D eigenvalue weighted by atomic mass is 10.2. The molecule has 2 aromatic heterocycles. The van der Waals surface area contributed by atoms with Gasteiger partial charge in [-0.25, -0.2) is 14.8 Å². The SMILES string of the molecule is Cc1nc(S[C@@H](C)C(=O)Nc2cccc(Cl)c2Cl)c2c(=O)n(C)c(=O)n(CC(C)C)c2n1. The Morgan fingerprint density at radius 1 is 1.19 bits per heavy atom. The number of amides is 1. The number of anilines is 1. The van der Waals surface area contributed by atoms with Crippen molar-refractivity contribution < 1.29 is 4.79 Å². The van der Waals surface area contributed by atoms with E-state index in [1.54, 1.807) is 32.0 Å². The van der Waals surface area contributed by atoms with Gasteiger partial charge in [0.2, 0.25) is 5.91 Å². The molecule has 170 valence electrons. The van der Waals surface area contributed by atoms with Crippen LogP contribution in [0.25, 0.3) is 11.0 Å². The Bertz CT molecular complexity index is 1320. The van der Waals surface area contributed by atoms with Gasteiger partial charge in [0, 0.05) is 13.6 Å². The van der Waals surface area contributed by atoms with Crippen LogP contribution in [0.15, 0.2) is 32.8 Å². The summed E-state index contributed by atoms with van der Waals surface area (Å²) in [7, 11) is 1.42. The zero-order chi connectivity index (χ0) is 23.7. The highest BCUT2D eigenvalue weighted by Gasteiger charge is 2.23. The minimum absolute atomic E-state index is 0.159. The van der Waals surface area contributed by atoms with E-state index in [2.05, 4.69) is 15.3 Å². The van der Waals surface area contributed by atoms with Crippen molar-refractivity contribution in [2.75, 3.05) is 5.32 Å². The summed E-state index contributed by atoms with van der Waals surface area (Å²) in [6, 6.07) is 4.95. The molecule has 1 aromatic carbocycles. The van der Waals surface area contributed by atoms with E-state index in [-0.39, 0.29) is 27.9 Å². The first-order valence-corrected chi connectivity index (χ1v) is 11.5. The van der Waals surface area contributed by atoms with Crippen LogP contribution in [0.3, 0.4) is 0 Å². The molecule has 0 spiro atoms. The fourth-order valence-electron chi connectivity index (χ4n) is 3.11. The first-order chi connectivity index (χ1) is 15.0. The third kappa shape index (κ3) is 4.84. The lowest BCUT2D eigenvalue weighted by molar-refractivity contribution is -0.115. The van der Waals surface area contributed by atoms with E-state index < -0.39 is 16.5 Å². The number of nitrogens with zero attached hydrogens (tertiary/aromatic N) is 4. The molecule has 32 heavy (non-hydrogen) atoms. The standard InChI is InChI=1S/C21H23Cl2N5O3S/c1-10(2)9-28-17-15(20(30)27(5)21(28)31)19(25-12(4)24-17)32-11(3)18(29)26-14-8-6-7-13(22)16(14)23/h6-8,10-11H,9H2,1-5H3,(H,26,29)/t11-/m0/s1. The number of hydrogen-bond acceptors (Lipinski definition) is 6. The fourth-order valence-corrected chi connectivity index (χ4v) is 4.44. The summed E-state index contributed by atoms with van der Waals surface area (Å²) >= 11 is 13.3. The maximum absolute atomic E-state index is 13.0. The molecule has 0 saturated carbocycles. The second kappa shape index (κ2) is 9.64. The van der Waals surface area contributed by atoms with Crippen LogP contribution in [0.2, 0.25) is 10.0 Å². The predicted octanol–water partition coefficient (Wildman–Crippen LogP) is 3.88. The van der Waals surface area contributed by atoms with E-state index in [4.69, 9.17) is 23.2 Å². The van der Waals surface area contributed by atoms with Crippen molar-refractivity contribution in [3.05, 3.63) is 54.9 Å². The Hall–Kier alpha value is -2.36. The number of aromatic nitrogens is 4. The molecule has 0 aliphatic rings. The Balaban J connectivity index is 2.04. The van der Waals surface area contributed by atoms with Gasteiger partial charge in [-0.1, -0.05) is 54.9 Å². The van der Waals surface area contributed by atoms with Crippen molar-refractivity contribution in [3.63, 3.8) is 0 Å². The molecule has 0 bridgehead atoms. The Morgan fingerprint density at radius 2 is 1.88 bits per heavy atom. The van der Waals surface area contributed by atoms with Gasteiger partial charge in [-0.3, -0.25) is 18.7 Å². The van der Waals surface area contributed by atoms with Crippen LogP contribution >= 0.6 is 35.0 Å². The zero-order valence-corrected chi connectivity index (χ0v) is 20.6. The predicted molar refractivity (Wildman–Crippen MR) is 129 cm³/mol. The number of halogens is 2. The quantitative estimate of drug-likeness (QED) is 0.411. The number of nitrogens with one attached hydrogen (secondary N) is 1. The molecular formula is C21H23Cl2N5O3S. The van der Waals surface area contributed by atoms with Crippen LogP contribution in [0, 0.1) is 12.8 Å². The van der Waals surface area contributed by atoms with E-state index >= 15 is 0 Å². The lowest BCUT2D eigenvalue weighted by Gasteiger charge is -2.17. The number of carbonyl (C=O) groups is 1. The largest absolute Gasteiger partial charge is 0.332 e. The van der Waals surface area contributed by atoms with Gasteiger partial charge in [0.25, 0.3) is 5.56 Å². The molecule has 11 heteroatoms. The molecule has 1 N–H and O–H groups in total. The third-order valence-electron chi connectivity index (χ3n) is 4.68. The second-order valence-corrected chi connectivity index (χ2v) is 9.89. The Morgan fingerprint density at radius 3 is 2.53 bits per heavy atom. The van der Waals surface area contributed by atoms with Crippen LogP contribution in [0.1, 0.15) is 26.6 Å². The van der Waals surface area contributed by atoms with E-state index in [0.29, 0.717) is 28.1 Å². The number of rotatable bonds is 6. The molecule has 0 saturated heterocycles. The summed E-state index contributed by atoms with van der Waals surface area (Å²) in [5, 5.41) is 3.24. The lowest BCUT2D eigenvalue weighted by Crippen LogP contribution is -2.39. The molecule has 0 unspecified atom stereocenters. The van der Waals surface area contributed by atoms with E-state index in [0.717, 1.165) is 16.3 Å². The molecule has 1 amide bonds. The van der Waals surface area contributed by atoms with E-state index in [1.165, 1.54) is 11.6 Å². The van der Waals surface area contributed by atoms with Crippen molar-refractivity contribution in [2.45, 2.75) is 44.5 Å². The topological polar surface area (TPSA) is 98.9 Å². The Labute approximate surface area is 199 Å². The Kier molecular flexibility index (Phi) is 7.32. The van der Waals surface area contributed by atoms with Crippen LogP contribution in [-0.4, -0.2) is 30.3 Å². The summed E-state index contributed by atoms with van der Waals surface area (Å²) in [5.74, 6) is 0.221. The first-order valence-electron chi connectivity index (χ1n) is 9.91. The van der Waals surface area contributed by atoms with E-state index in [1.807, 2.05) is 13.8 Å². The number of aryl methyl sites for hydroxylation is 1. The van der Waals surface area contributed by atoms with Gasteiger partial charge < -0.3 is 5.32 Å². The average molecular weight is 496 g/mol. The van der Waals surface area contributed by atoms with Crippen molar-refractivity contribution in [2.24, 2.45) is 13.0 Å². The van der Waals surface area contributed by atoms with Gasteiger partial charge in [0.05, 0.1) is 21.0 Å². The van der Waals surface area contributed by atoms with Gasteiger partial charge in [0.1, 0.15) is 16.2 Å². The molecule has 3 aromatic rings. The molecule has 1 atom stereocenters. The minimum atomic E-state index is -0.627. The highest BCUT2D eigenvalue weighted by Crippen LogP contribution is 2.31. The van der Waals surface area contributed by atoms with Crippen LogP contribution in [0.4, 0.5) is 5.69 Å². The average Bonchev–Trinajstić information content (AvgIpc) is 2.72. The normalized spacial score (nSPS) is 12.4. The zero-order valence-electron chi connectivity index (χ0n) is 18.3. The monoisotopic (exact) mass is 495 g/mol. The van der Waals surface area contributed by atoms with Gasteiger partial charge >= 0.3 is 5.69 Å². The summed E-state index contributed by atoms with van der Waals surface area (Å²) in [5.41, 5.74) is -0.279. The van der Waals surface area contributed by atoms with Crippen LogP contribution in [0.5, 0.6) is 0 Å². The first kappa shape index (κ1) is 24.3. The molecule has 8 nitrogen and oxygen atoms in total. The molecule has 0 fully saturated rings. The highest BCUT2D eigenvalue weighted by atomic mass is 35.5. The number of thioether (sulfide) groups is 1. The number of hydrogen-bond donors (Lipinski definition) is 1. The second-order valence-electron chi connectivity index (χ2n) is 7.78. The summed E-state index contributed by atoms with van der Waals surface area (Å²) in [6.45, 7) is 7.71. The summed E-state index contributed by atoms with van der Waals surface area (Å²) in [6.07, 6.45) is 0. The van der Waals surface area contributed by atoms with Crippen LogP contribution < -0.4 is 16.6 Å². The molecule has 0 aliphatic carbocycles. The minimum Gasteiger partial charge on any atom is -0.324 e.